The van der Waals surface area contributed by atoms with Crippen LogP contribution in [-0.4, -0.2) is 31.9 Å². The molecule has 2 aromatic rings. The van der Waals surface area contributed by atoms with Crippen molar-refractivity contribution in [1.29, 1.82) is 0 Å². The van der Waals surface area contributed by atoms with Crippen molar-refractivity contribution >= 4 is 23.5 Å². The summed E-state index contributed by atoms with van der Waals surface area (Å²) in [6.07, 6.45) is 0. The molecule has 0 bridgehead atoms. The van der Waals surface area contributed by atoms with E-state index >= 15 is 0 Å². The lowest BCUT2D eigenvalue weighted by Gasteiger charge is -2.04. The third-order valence-electron chi connectivity index (χ3n) is 2.56. The molecule has 0 aliphatic carbocycles. The molecule has 1 aromatic heterocycles. The summed E-state index contributed by atoms with van der Waals surface area (Å²) < 4.78 is 1.20. The lowest BCUT2D eigenvalue weighted by atomic mass is 10.2. The first-order valence-corrected chi connectivity index (χ1v) is 5.61. The Morgan fingerprint density at radius 1 is 1.26 bits per heavy atom. The maximum atomic E-state index is 11.0. The summed E-state index contributed by atoms with van der Waals surface area (Å²) in [6.45, 7) is 1.52. The molecule has 0 amide bonds. The van der Waals surface area contributed by atoms with E-state index in [-0.39, 0.29) is 22.0 Å². The summed E-state index contributed by atoms with van der Waals surface area (Å²) in [7, 11) is 0. The molecule has 98 valence electrons. The molecule has 1 aromatic carbocycles. The highest BCUT2D eigenvalue weighted by molar-refractivity contribution is 6.32. The third-order valence-corrected chi connectivity index (χ3v) is 2.90. The molecule has 0 aliphatic heterocycles. The summed E-state index contributed by atoms with van der Waals surface area (Å²) in [6, 6.07) is 5.92. The minimum Gasteiger partial charge on any atom is -0.478 e. The molecule has 0 unspecified atom stereocenters. The van der Waals surface area contributed by atoms with E-state index < -0.39 is 11.9 Å². The van der Waals surface area contributed by atoms with Gasteiger partial charge in [0.15, 0.2) is 0 Å². The second kappa shape index (κ2) is 4.74. The van der Waals surface area contributed by atoms with Crippen molar-refractivity contribution in [3.05, 3.63) is 46.2 Å². The van der Waals surface area contributed by atoms with Crippen LogP contribution in [0.25, 0.3) is 5.69 Å². The van der Waals surface area contributed by atoms with Gasteiger partial charge >= 0.3 is 11.9 Å². The fraction of sp³-hybridized carbons (Fsp3) is 0.0833. The molecule has 1 heterocycles. The molecule has 0 fully saturated rings. The van der Waals surface area contributed by atoms with E-state index in [1.807, 2.05) is 0 Å². The largest absolute Gasteiger partial charge is 0.478 e. The number of benzene rings is 1. The first kappa shape index (κ1) is 13.1. The normalized spacial score (nSPS) is 10.4. The predicted octanol–water partition coefficient (Wildman–Crippen LogP) is 2.23. The first-order chi connectivity index (χ1) is 8.91. The molecule has 2 rings (SSSR count). The van der Waals surface area contributed by atoms with Crippen LogP contribution in [0.2, 0.25) is 5.15 Å². The van der Waals surface area contributed by atoms with Gasteiger partial charge in [0.2, 0.25) is 0 Å². The van der Waals surface area contributed by atoms with Crippen LogP contribution in [0.3, 0.4) is 0 Å². The molecular weight excluding hydrogens is 272 g/mol. The molecule has 0 atom stereocenters. The van der Waals surface area contributed by atoms with Crippen LogP contribution in [0.4, 0.5) is 0 Å². The number of aromatic nitrogens is 2. The maximum Gasteiger partial charge on any atom is 0.340 e. The van der Waals surface area contributed by atoms with Gasteiger partial charge in [-0.3, -0.25) is 0 Å². The average Bonchev–Trinajstić information content (AvgIpc) is 2.65. The van der Waals surface area contributed by atoms with Crippen molar-refractivity contribution in [3.8, 4) is 5.69 Å². The summed E-state index contributed by atoms with van der Waals surface area (Å²) >= 11 is 5.96. The van der Waals surface area contributed by atoms with Gasteiger partial charge in [0, 0.05) is 0 Å². The second-order valence-corrected chi connectivity index (χ2v) is 4.18. The molecule has 0 radical (unpaired) electrons. The van der Waals surface area contributed by atoms with Crippen LogP contribution in [0.15, 0.2) is 24.3 Å². The number of halogens is 1. The Morgan fingerprint density at radius 3 is 2.47 bits per heavy atom. The molecule has 0 spiro atoms. The van der Waals surface area contributed by atoms with Crippen LogP contribution in [-0.2, 0) is 0 Å². The molecule has 6 nitrogen and oxygen atoms in total. The highest BCUT2D eigenvalue weighted by Gasteiger charge is 2.20. The highest BCUT2D eigenvalue weighted by Crippen LogP contribution is 2.23. The fourth-order valence-corrected chi connectivity index (χ4v) is 2.04. The summed E-state index contributed by atoms with van der Waals surface area (Å²) in [5.74, 6) is -2.26. The predicted molar refractivity (Wildman–Crippen MR) is 67.2 cm³/mol. The number of carboxylic acids is 2. The topological polar surface area (TPSA) is 92.4 Å². The standard InChI is InChI=1S/C12H9ClN2O4/c1-6-9(12(18)19)10(13)15(14-6)8-4-2-3-7(5-8)11(16)17/h2-5H,1H3,(H,16,17)(H,18,19). The zero-order valence-corrected chi connectivity index (χ0v) is 10.5. The molecular formula is C12H9ClN2O4. The summed E-state index contributed by atoms with van der Waals surface area (Å²) in [5.41, 5.74) is 0.625. The fourth-order valence-electron chi connectivity index (χ4n) is 1.68. The second-order valence-electron chi connectivity index (χ2n) is 3.82. The summed E-state index contributed by atoms with van der Waals surface area (Å²) in [5, 5.41) is 21.9. The van der Waals surface area contributed by atoms with Gasteiger partial charge in [-0.2, -0.15) is 5.10 Å². The van der Waals surface area contributed by atoms with Crippen LogP contribution >= 0.6 is 11.6 Å². The van der Waals surface area contributed by atoms with Gasteiger partial charge in [-0.1, -0.05) is 17.7 Å². The molecule has 0 aliphatic rings. The Bertz CT molecular complexity index is 678. The van der Waals surface area contributed by atoms with E-state index in [2.05, 4.69) is 5.10 Å². The van der Waals surface area contributed by atoms with E-state index in [1.165, 1.54) is 29.8 Å². The lowest BCUT2D eigenvalue weighted by Crippen LogP contribution is -2.02. The zero-order valence-electron chi connectivity index (χ0n) is 9.79. The quantitative estimate of drug-likeness (QED) is 0.899. The van der Waals surface area contributed by atoms with Crippen molar-refractivity contribution in [2.45, 2.75) is 6.92 Å². The lowest BCUT2D eigenvalue weighted by molar-refractivity contribution is 0.0685. The van der Waals surface area contributed by atoms with Gasteiger partial charge < -0.3 is 10.2 Å². The molecule has 0 saturated heterocycles. The van der Waals surface area contributed by atoms with Crippen molar-refractivity contribution in [2.75, 3.05) is 0 Å². The number of aromatic carboxylic acids is 2. The van der Waals surface area contributed by atoms with Crippen molar-refractivity contribution in [2.24, 2.45) is 0 Å². The Hall–Kier alpha value is -2.34. The first-order valence-electron chi connectivity index (χ1n) is 5.24. The van der Waals surface area contributed by atoms with E-state index in [0.29, 0.717) is 5.69 Å². The molecule has 7 heteroatoms. The SMILES string of the molecule is Cc1nn(-c2cccc(C(=O)O)c2)c(Cl)c1C(=O)O. The number of hydrogen-bond donors (Lipinski definition) is 2. The van der Waals surface area contributed by atoms with Gasteiger partial charge in [-0.25, -0.2) is 14.3 Å². The minimum atomic E-state index is -1.18. The van der Waals surface area contributed by atoms with Crippen LogP contribution < -0.4 is 0 Å². The maximum absolute atomic E-state index is 11.0. The Kier molecular flexibility index (Phi) is 3.26. The Balaban J connectivity index is 2.60. The van der Waals surface area contributed by atoms with Crippen molar-refractivity contribution < 1.29 is 19.8 Å². The van der Waals surface area contributed by atoms with Crippen molar-refractivity contribution in [1.82, 2.24) is 9.78 Å². The smallest absolute Gasteiger partial charge is 0.340 e. The zero-order chi connectivity index (χ0) is 14.2. The van der Waals surface area contributed by atoms with E-state index in [4.69, 9.17) is 21.8 Å². The van der Waals surface area contributed by atoms with Crippen LogP contribution in [0.1, 0.15) is 26.4 Å². The molecule has 0 saturated carbocycles. The highest BCUT2D eigenvalue weighted by atomic mass is 35.5. The van der Waals surface area contributed by atoms with Gasteiger partial charge in [0.25, 0.3) is 0 Å². The van der Waals surface area contributed by atoms with E-state index in [0.717, 1.165) is 0 Å². The minimum absolute atomic E-state index is 0.0625. The molecule has 2 N–H and O–H groups in total. The number of nitrogens with zero attached hydrogens (tertiary/aromatic N) is 2. The Labute approximate surface area is 112 Å². The average molecular weight is 281 g/mol. The van der Waals surface area contributed by atoms with Gasteiger partial charge in [-0.15, -0.1) is 0 Å². The number of carboxylic acid groups (broad SMARTS) is 2. The third kappa shape index (κ3) is 2.30. The van der Waals surface area contributed by atoms with Crippen LogP contribution in [0.5, 0.6) is 0 Å². The van der Waals surface area contributed by atoms with Crippen LogP contribution in [0, 0.1) is 6.92 Å². The van der Waals surface area contributed by atoms with Crippen molar-refractivity contribution in [3.63, 3.8) is 0 Å². The Morgan fingerprint density at radius 2 is 1.95 bits per heavy atom. The molecule has 19 heavy (non-hydrogen) atoms. The number of carbonyl (C=O) groups is 2. The number of rotatable bonds is 3. The monoisotopic (exact) mass is 280 g/mol. The van der Waals surface area contributed by atoms with E-state index in [9.17, 15) is 9.59 Å². The van der Waals surface area contributed by atoms with Gasteiger partial charge in [0.05, 0.1) is 16.9 Å². The summed E-state index contributed by atoms with van der Waals surface area (Å²) in [4.78, 5) is 21.9. The number of hydrogen-bond acceptors (Lipinski definition) is 3. The van der Waals surface area contributed by atoms with E-state index in [1.54, 1.807) is 6.07 Å². The van der Waals surface area contributed by atoms with Gasteiger partial charge in [-0.05, 0) is 25.1 Å². The number of aryl methyl sites for hydroxylation is 1. The van der Waals surface area contributed by atoms with Gasteiger partial charge in [0.1, 0.15) is 10.7 Å².